The molecule has 0 unspecified atom stereocenters. The number of nitrogens with two attached hydrogens (primary N) is 1. The van der Waals surface area contributed by atoms with Gasteiger partial charge in [-0.25, -0.2) is 9.97 Å². The molecule has 17 heavy (non-hydrogen) atoms. The zero-order valence-electron chi connectivity index (χ0n) is 9.97. The first-order chi connectivity index (χ1) is 8.40. The molecule has 0 radical (unpaired) electrons. The summed E-state index contributed by atoms with van der Waals surface area (Å²) in [4.78, 5) is 9.05. The van der Waals surface area contributed by atoms with Crippen LogP contribution in [0, 0.1) is 0 Å². The molecule has 0 atom stereocenters. The van der Waals surface area contributed by atoms with E-state index in [4.69, 9.17) is 5.73 Å². The van der Waals surface area contributed by atoms with Gasteiger partial charge in [0.05, 0.1) is 6.54 Å². The number of aromatic nitrogens is 3. The standard InChI is InChI=1S/C13H18N4/c14-9-12-16-11-7-4-8-15-13(11)17(12)10-5-2-1-3-6-10/h4,7-8,10H,1-3,5-6,9,14H2. The molecular weight excluding hydrogens is 212 g/mol. The van der Waals surface area contributed by atoms with Crippen molar-refractivity contribution < 1.29 is 0 Å². The van der Waals surface area contributed by atoms with Gasteiger partial charge in [-0.15, -0.1) is 0 Å². The molecule has 0 spiro atoms. The molecular formula is C13H18N4. The smallest absolute Gasteiger partial charge is 0.160 e. The summed E-state index contributed by atoms with van der Waals surface area (Å²) in [5.74, 6) is 0.977. The number of pyridine rings is 1. The average Bonchev–Trinajstić information content (AvgIpc) is 2.78. The van der Waals surface area contributed by atoms with Gasteiger partial charge in [0.2, 0.25) is 0 Å². The Balaban J connectivity index is 2.11. The molecule has 0 bridgehead atoms. The van der Waals surface area contributed by atoms with Crippen LogP contribution < -0.4 is 5.73 Å². The second-order valence-electron chi connectivity index (χ2n) is 4.74. The van der Waals surface area contributed by atoms with Gasteiger partial charge in [-0.05, 0) is 25.0 Å². The molecule has 4 heteroatoms. The van der Waals surface area contributed by atoms with Crippen LogP contribution in [-0.4, -0.2) is 14.5 Å². The van der Waals surface area contributed by atoms with E-state index in [9.17, 15) is 0 Å². The van der Waals surface area contributed by atoms with Crippen LogP contribution in [0.1, 0.15) is 44.0 Å². The Labute approximate surface area is 101 Å². The molecule has 1 aliphatic rings. The minimum atomic E-state index is 0.493. The monoisotopic (exact) mass is 230 g/mol. The number of hydrogen-bond acceptors (Lipinski definition) is 3. The van der Waals surface area contributed by atoms with E-state index < -0.39 is 0 Å². The maximum absolute atomic E-state index is 5.81. The maximum Gasteiger partial charge on any atom is 0.160 e. The summed E-state index contributed by atoms with van der Waals surface area (Å²) in [7, 11) is 0. The molecule has 1 fully saturated rings. The fourth-order valence-corrected chi connectivity index (χ4v) is 2.84. The molecule has 2 aromatic heterocycles. The highest BCUT2D eigenvalue weighted by Crippen LogP contribution is 2.31. The van der Waals surface area contributed by atoms with Crippen LogP contribution in [-0.2, 0) is 6.54 Å². The first kappa shape index (κ1) is 10.7. The number of rotatable bonds is 2. The van der Waals surface area contributed by atoms with Gasteiger partial charge >= 0.3 is 0 Å². The summed E-state index contributed by atoms with van der Waals surface area (Å²) in [6.45, 7) is 0.493. The van der Waals surface area contributed by atoms with Crippen LogP contribution in [0.25, 0.3) is 11.2 Å². The molecule has 1 aliphatic carbocycles. The molecule has 0 aromatic carbocycles. The molecule has 1 saturated carbocycles. The fraction of sp³-hybridized carbons (Fsp3) is 0.538. The van der Waals surface area contributed by atoms with Gasteiger partial charge in [0, 0.05) is 12.2 Å². The van der Waals surface area contributed by atoms with E-state index >= 15 is 0 Å². The van der Waals surface area contributed by atoms with Gasteiger partial charge in [0.15, 0.2) is 5.65 Å². The van der Waals surface area contributed by atoms with E-state index in [-0.39, 0.29) is 0 Å². The Morgan fingerprint density at radius 1 is 1.29 bits per heavy atom. The Kier molecular flexibility index (Phi) is 2.81. The lowest BCUT2D eigenvalue weighted by Crippen LogP contribution is -2.17. The van der Waals surface area contributed by atoms with Crippen molar-refractivity contribution in [3.63, 3.8) is 0 Å². The normalized spacial score (nSPS) is 17.7. The second-order valence-corrected chi connectivity index (χ2v) is 4.74. The SMILES string of the molecule is NCc1nc2cccnc2n1C1CCCCC1. The molecule has 90 valence electrons. The summed E-state index contributed by atoms with van der Waals surface area (Å²) in [6.07, 6.45) is 8.27. The van der Waals surface area contributed by atoms with Gasteiger partial charge in [-0.2, -0.15) is 0 Å². The summed E-state index contributed by atoms with van der Waals surface area (Å²) in [6, 6.07) is 4.49. The van der Waals surface area contributed by atoms with Crippen molar-refractivity contribution in [1.82, 2.24) is 14.5 Å². The van der Waals surface area contributed by atoms with Crippen molar-refractivity contribution in [3.8, 4) is 0 Å². The summed E-state index contributed by atoms with van der Waals surface area (Å²) >= 11 is 0. The highest BCUT2D eigenvalue weighted by Gasteiger charge is 2.21. The van der Waals surface area contributed by atoms with Gasteiger partial charge in [-0.3, -0.25) is 0 Å². The predicted octanol–water partition coefficient (Wildman–Crippen LogP) is 2.40. The van der Waals surface area contributed by atoms with Crippen molar-refractivity contribution in [2.45, 2.75) is 44.7 Å². The number of hydrogen-bond donors (Lipinski definition) is 1. The summed E-state index contributed by atoms with van der Waals surface area (Å²) in [5.41, 5.74) is 7.78. The highest BCUT2D eigenvalue weighted by atomic mass is 15.2. The van der Waals surface area contributed by atoms with E-state index in [0.717, 1.165) is 17.0 Å². The van der Waals surface area contributed by atoms with Gasteiger partial charge in [0.1, 0.15) is 11.3 Å². The molecule has 2 heterocycles. The van der Waals surface area contributed by atoms with Crippen LogP contribution >= 0.6 is 0 Å². The van der Waals surface area contributed by atoms with Gasteiger partial charge in [0.25, 0.3) is 0 Å². The van der Waals surface area contributed by atoms with Gasteiger partial charge < -0.3 is 10.3 Å². The first-order valence-corrected chi connectivity index (χ1v) is 6.42. The largest absolute Gasteiger partial charge is 0.324 e. The summed E-state index contributed by atoms with van der Waals surface area (Å²) < 4.78 is 2.27. The minimum absolute atomic E-state index is 0.493. The summed E-state index contributed by atoms with van der Waals surface area (Å²) in [5, 5.41) is 0. The van der Waals surface area contributed by atoms with Crippen molar-refractivity contribution >= 4 is 11.2 Å². The average molecular weight is 230 g/mol. The third-order valence-electron chi connectivity index (χ3n) is 3.64. The van der Waals surface area contributed by atoms with Gasteiger partial charge in [-0.1, -0.05) is 19.3 Å². The van der Waals surface area contributed by atoms with Crippen molar-refractivity contribution in [1.29, 1.82) is 0 Å². The molecule has 0 amide bonds. The Hall–Kier alpha value is -1.42. The third-order valence-corrected chi connectivity index (χ3v) is 3.64. The Morgan fingerprint density at radius 3 is 2.88 bits per heavy atom. The predicted molar refractivity (Wildman–Crippen MR) is 67.5 cm³/mol. The third kappa shape index (κ3) is 1.82. The number of fused-ring (bicyclic) bond motifs is 1. The molecule has 0 aliphatic heterocycles. The van der Waals surface area contributed by atoms with Crippen molar-refractivity contribution in [2.24, 2.45) is 5.73 Å². The lowest BCUT2D eigenvalue weighted by molar-refractivity contribution is 0.351. The first-order valence-electron chi connectivity index (χ1n) is 6.42. The quantitative estimate of drug-likeness (QED) is 0.861. The molecule has 2 N–H and O–H groups in total. The number of imidazole rings is 1. The van der Waals surface area contributed by atoms with E-state index in [1.54, 1.807) is 0 Å². The Morgan fingerprint density at radius 2 is 2.12 bits per heavy atom. The van der Waals surface area contributed by atoms with Crippen LogP contribution in [0.5, 0.6) is 0 Å². The maximum atomic E-state index is 5.81. The molecule has 4 nitrogen and oxygen atoms in total. The van der Waals surface area contributed by atoms with Crippen molar-refractivity contribution in [3.05, 3.63) is 24.2 Å². The van der Waals surface area contributed by atoms with Crippen molar-refractivity contribution in [2.75, 3.05) is 0 Å². The lowest BCUT2D eigenvalue weighted by Gasteiger charge is -2.24. The van der Waals surface area contributed by atoms with E-state index in [0.29, 0.717) is 12.6 Å². The molecule has 0 saturated heterocycles. The number of nitrogens with zero attached hydrogens (tertiary/aromatic N) is 3. The van der Waals surface area contributed by atoms with Crippen LogP contribution in [0.3, 0.4) is 0 Å². The van der Waals surface area contributed by atoms with Crippen LogP contribution in [0.4, 0.5) is 0 Å². The zero-order chi connectivity index (χ0) is 11.7. The fourth-order valence-electron chi connectivity index (χ4n) is 2.84. The highest BCUT2D eigenvalue weighted by molar-refractivity contribution is 5.71. The zero-order valence-corrected chi connectivity index (χ0v) is 9.97. The molecule has 3 rings (SSSR count). The van der Waals surface area contributed by atoms with Crippen LogP contribution in [0.2, 0.25) is 0 Å². The van der Waals surface area contributed by atoms with Crippen LogP contribution in [0.15, 0.2) is 18.3 Å². The minimum Gasteiger partial charge on any atom is -0.324 e. The second kappa shape index (κ2) is 4.45. The topological polar surface area (TPSA) is 56.7 Å². The molecule has 2 aromatic rings. The van der Waals surface area contributed by atoms with E-state index in [1.165, 1.54) is 32.1 Å². The Bertz CT molecular complexity index is 511. The van der Waals surface area contributed by atoms with E-state index in [1.807, 2.05) is 18.3 Å². The van der Waals surface area contributed by atoms with E-state index in [2.05, 4.69) is 14.5 Å². The lowest BCUT2D eigenvalue weighted by atomic mass is 9.95.